The first kappa shape index (κ1) is 22.8. The number of aromatic nitrogens is 3. The third kappa shape index (κ3) is 4.84. The van der Waals surface area contributed by atoms with Gasteiger partial charge in [-0.15, -0.1) is 0 Å². The minimum atomic E-state index is -0.600. The van der Waals surface area contributed by atoms with Crippen LogP contribution in [0.4, 0.5) is 5.69 Å². The van der Waals surface area contributed by atoms with E-state index in [0.29, 0.717) is 25.0 Å². The lowest BCUT2D eigenvalue weighted by atomic mass is 10.1. The highest BCUT2D eigenvalue weighted by atomic mass is 16.2. The molecule has 8 nitrogen and oxygen atoms in total. The van der Waals surface area contributed by atoms with Gasteiger partial charge in [-0.05, 0) is 62.8 Å². The summed E-state index contributed by atoms with van der Waals surface area (Å²) in [6.07, 6.45) is 6.35. The highest BCUT2D eigenvalue weighted by molar-refractivity contribution is 5.96. The van der Waals surface area contributed by atoms with Crippen LogP contribution in [0.25, 0.3) is 5.65 Å². The molecule has 0 atom stereocenters. The zero-order valence-corrected chi connectivity index (χ0v) is 19.7. The first-order valence-electron chi connectivity index (χ1n) is 11.6. The molecule has 0 spiro atoms. The molecule has 1 aromatic carbocycles. The average Bonchev–Trinajstić information content (AvgIpc) is 3.24. The number of benzene rings is 1. The number of rotatable bonds is 7. The molecule has 3 heterocycles. The molecule has 2 N–H and O–H groups in total. The Balaban J connectivity index is 1.38. The Bertz CT molecular complexity index is 1160. The quantitative estimate of drug-likeness (QED) is 0.599. The van der Waals surface area contributed by atoms with Crippen molar-refractivity contribution >= 4 is 23.1 Å². The van der Waals surface area contributed by atoms with Gasteiger partial charge in [-0.3, -0.25) is 14.0 Å². The summed E-state index contributed by atoms with van der Waals surface area (Å²) in [6.45, 7) is 6.66. The SMILES string of the molecule is Cc1nc2c(C(N)=O)ncn2c(C)c1CCC(=O)N(C)Cc1ccc(N2CCCCC2)cc1. The highest BCUT2D eigenvalue weighted by Crippen LogP contribution is 2.21. The Labute approximate surface area is 194 Å². The van der Waals surface area contributed by atoms with Crippen molar-refractivity contribution in [2.24, 2.45) is 5.73 Å². The van der Waals surface area contributed by atoms with Crippen molar-refractivity contribution in [1.82, 2.24) is 19.3 Å². The molecule has 1 saturated heterocycles. The van der Waals surface area contributed by atoms with E-state index in [9.17, 15) is 9.59 Å². The maximum Gasteiger partial charge on any atom is 0.271 e. The standard InChI is InChI=1S/C25H32N6O2/c1-17-21(18(2)31-16-27-23(24(26)33)25(31)28-17)11-12-22(32)29(3)15-19-7-9-20(10-8-19)30-13-5-4-6-14-30/h7-10,16H,4-6,11-15H2,1-3H3,(H2,26,33). The molecule has 0 unspecified atom stereocenters. The second kappa shape index (κ2) is 9.60. The summed E-state index contributed by atoms with van der Waals surface area (Å²) >= 11 is 0. The largest absolute Gasteiger partial charge is 0.372 e. The summed E-state index contributed by atoms with van der Waals surface area (Å²) in [5.74, 6) is -0.519. The summed E-state index contributed by atoms with van der Waals surface area (Å²) in [4.78, 5) is 37.2. The number of fused-ring (bicyclic) bond motifs is 1. The van der Waals surface area contributed by atoms with Gasteiger partial charge in [-0.1, -0.05) is 12.1 Å². The first-order chi connectivity index (χ1) is 15.8. The van der Waals surface area contributed by atoms with Crippen LogP contribution in [-0.4, -0.2) is 51.2 Å². The van der Waals surface area contributed by atoms with E-state index < -0.39 is 5.91 Å². The molecular formula is C25H32N6O2. The van der Waals surface area contributed by atoms with Crippen LogP contribution in [0.1, 0.15) is 58.7 Å². The van der Waals surface area contributed by atoms with Crippen LogP contribution in [0.15, 0.2) is 30.6 Å². The minimum absolute atomic E-state index is 0.0810. The van der Waals surface area contributed by atoms with Gasteiger partial charge in [0.2, 0.25) is 5.91 Å². The molecule has 0 bridgehead atoms. The minimum Gasteiger partial charge on any atom is -0.372 e. The van der Waals surface area contributed by atoms with Crippen LogP contribution < -0.4 is 10.6 Å². The van der Waals surface area contributed by atoms with E-state index in [1.807, 2.05) is 20.9 Å². The van der Waals surface area contributed by atoms with E-state index in [1.165, 1.54) is 24.9 Å². The number of imidazole rings is 1. The number of carbonyl (C=O) groups excluding carboxylic acids is 2. The van der Waals surface area contributed by atoms with Gasteiger partial charge in [-0.2, -0.15) is 0 Å². The molecule has 1 aliphatic heterocycles. The van der Waals surface area contributed by atoms with E-state index >= 15 is 0 Å². The van der Waals surface area contributed by atoms with Crippen LogP contribution in [0.3, 0.4) is 0 Å². The highest BCUT2D eigenvalue weighted by Gasteiger charge is 2.18. The van der Waals surface area contributed by atoms with Crippen LogP contribution in [0.5, 0.6) is 0 Å². The number of carbonyl (C=O) groups is 2. The first-order valence-corrected chi connectivity index (χ1v) is 11.6. The fourth-order valence-corrected chi connectivity index (χ4v) is 4.61. The third-order valence-electron chi connectivity index (χ3n) is 6.58. The number of hydrogen-bond donors (Lipinski definition) is 1. The number of piperidine rings is 1. The van der Waals surface area contributed by atoms with Crippen LogP contribution >= 0.6 is 0 Å². The Kier molecular flexibility index (Phi) is 6.62. The lowest BCUT2D eigenvalue weighted by molar-refractivity contribution is -0.130. The number of nitrogens with zero attached hydrogens (tertiary/aromatic N) is 5. The molecule has 2 aromatic heterocycles. The van der Waals surface area contributed by atoms with Crippen molar-refractivity contribution < 1.29 is 9.59 Å². The van der Waals surface area contributed by atoms with Gasteiger partial charge < -0.3 is 15.5 Å². The second-order valence-electron chi connectivity index (χ2n) is 8.88. The van der Waals surface area contributed by atoms with E-state index in [4.69, 9.17) is 5.73 Å². The monoisotopic (exact) mass is 448 g/mol. The normalized spacial score (nSPS) is 14.0. The molecule has 1 fully saturated rings. The molecule has 2 amide bonds. The summed E-state index contributed by atoms with van der Waals surface area (Å²) in [7, 11) is 1.84. The van der Waals surface area contributed by atoms with Gasteiger partial charge in [0.25, 0.3) is 5.91 Å². The number of primary amides is 1. The number of anilines is 1. The van der Waals surface area contributed by atoms with Gasteiger partial charge in [0.1, 0.15) is 6.33 Å². The van der Waals surface area contributed by atoms with Gasteiger partial charge in [-0.25, -0.2) is 9.97 Å². The third-order valence-corrected chi connectivity index (χ3v) is 6.58. The molecule has 1 aliphatic rings. The molecule has 0 aliphatic carbocycles. The number of amides is 2. The zero-order valence-electron chi connectivity index (χ0n) is 19.7. The van der Waals surface area contributed by atoms with E-state index in [-0.39, 0.29) is 11.6 Å². The number of nitrogens with two attached hydrogens (primary N) is 1. The molecule has 0 saturated carbocycles. The maximum absolute atomic E-state index is 12.8. The molecule has 3 aromatic rings. The van der Waals surface area contributed by atoms with Crippen molar-refractivity contribution in [3.05, 3.63) is 58.8 Å². The predicted octanol–water partition coefficient (Wildman–Crippen LogP) is 3.03. The topological polar surface area (TPSA) is 96.8 Å². The smallest absolute Gasteiger partial charge is 0.271 e. The Morgan fingerprint density at radius 3 is 2.45 bits per heavy atom. The number of aryl methyl sites for hydroxylation is 2. The van der Waals surface area contributed by atoms with Crippen molar-refractivity contribution in [2.45, 2.75) is 52.5 Å². The van der Waals surface area contributed by atoms with Crippen molar-refractivity contribution in [1.29, 1.82) is 0 Å². The van der Waals surface area contributed by atoms with E-state index in [0.717, 1.165) is 35.6 Å². The Morgan fingerprint density at radius 2 is 1.79 bits per heavy atom. The Morgan fingerprint density at radius 1 is 1.09 bits per heavy atom. The van der Waals surface area contributed by atoms with Crippen LogP contribution in [-0.2, 0) is 17.8 Å². The number of hydrogen-bond acceptors (Lipinski definition) is 5. The van der Waals surface area contributed by atoms with Crippen molar-refractivity contribution in [2.75, 3.05) is 25.0 Å². The van der Waals surface area contributed by atoms with Crippen LogP contribution in [0.2, 0.25) is 0 Å². The van der Waals surface area contributed by atoms with Gasteiger partial charge in [0, 0.05) is 50.2 Å². The molecular weight excluding hydrogens is 416 g/mol. The zero-order chi connectivity index (χ0) is 23.5. The van der Waals surface area contributed by atoms with Crippen molar-refractivity contribution in [3.63, 3.8) is 0 Å². The van der Waals surface area contributed by atoms with Gasteiger partial charge in [0.15, 0.2) is 11.3 Å². The predicted molar refractivity (Wildman–Crippen MR) is 128 cm³/mol. The fraction of sp³-hybridized carbons (Fsp3) is 0.440. The molecule has 8 heteroatoms. The second-order valence-corrected chi connectivity index (χ2v) is 8.88. The van der Waals surface area contributed by atoms with Crippen molar-refractivity contribution in [3.8, 4) is 0 Å². The maximum atomic E-state index is 12.8. The van der Waals surface area contributed by atoms with Gasteiger partial charge >= 0.3 is 0 Å². The van der Waals surface area contributed by atoms with Crippen LogP contribution in [0, 0.1) is 13.8 Å². The summed E-state index contributed by atoms with van der Waals surface area (Å²) in [5.41, 5.74) is 11.1. The fourth-order valence-electron chi connectivity index (χ4n) is 4.61. The van der Waals surface area contributed by atoms with Gasteiger partial charge in [0.05, 0.1) is 0 Å². The molecule has 174 valence electrons. The molecule has 4 rings (SSSR count). The Hall–Kier alpha value is -3.42. The summed E-state index contributed by atoms with van der Waals surface area (Å²) in [5, 5.41) is 0. The summed E-state index contributed by atoms with van der Waals surface area (Å²) in [6, 6.07) is 8.57. The van der Waals surface area contributed by atoms with E-state index in [2.05, 4.69) is 39.1 Å². The summed E-state index contributed by atoms with van der Waals surface area (Å²) < 4.78 is 1.76. The van der Waals surface area contributed by atoms with E-state index in [1.54, 1.807) is 15.6 Å². The average molecular weight is 449 g/mol. The lowest BCUT2D eigenvalue weighted by Gasteiger charge is -2.29. The molecule has 33 heavy (non-hydrogen) atoms. The molecule has 0 radical (unpaired) electrons. The lowest BCUT2D eigenvalue weighted by Crippen LogP contribution is -2.29.